The highest BCUT2D eigenvalue weighted by atomic mass is 16.6. The van der Waals surface area contributed by atoms with Crippen LogP contribution < -0.4 is 4.74 Å². The summed E-state index contributed by atoms with van der Waals surface area (Å²) in [5.41, 5.74) is 1.75. The third-order valence-corrected chi connectivity index (χ3v) is 6.45. The molecule has 0 spiro atoms. The Hall–Kier alpha value is -3.82. The third-order valence-electron chi connectivity index (χ3n) is 6.45. The molecule has 1 aromatic heterocycles. The Kier molecular flexibility index (Phi) is 7.32. The molecule has 2 heterocycles. The summed E-state index contributed by atoms with van der Waals surface area (Å²) in [6, 6.07) is 21.1. The predicted molar refractivity (Wildman–Crippen MR) is 138 cm³/mol. The Morgan fingerprint density at radius 3 is 2.44 bits per heavy atom. The van der Waals surface area contributed by atoms with Crippen LogP contribution in [0.1, 0.15) is 61.9 Å². The molecule has 6 nitrogen and oxygen atoms in total. The number of ether oxygens (including phenoxy) is 2. The first kappa shape index (κ1) is 25.3. The maximum atomic E-state index is 13.2. The highest BCUT2D eigenvalue weighted by Crippen LogP contribution is 2.42. The van der Waals surface area contributed by atoms with Crippen molar-refractivity contribution < 1.29 is 19.4 Å². The van der Waals surface area contributed by atoms with Gasteiger partial charge in [0, 0.05) is 42.8 Å². The monoisotopic (exact) mass is 484 g/mol. The van der Waals surface area contributed by atoms with E-state index in [4.69, 9.17) is 9.47 Å². The molecule has 0 bridgehead atoms. The molecule has 0 radical (unpaired) electrons. The van der Waals surface area contributed by atoms with Crippen molar-refractivity contribution in [3.05, 3.63) is 95.2 Å². The van der Waals surface area contributed by atoms with Crippen LogP contribution in [-0.4, -0.2) is 40.3 Å². The highest BCUT2D eigenvalue weighted by molar-refractivity contribution is 5.70. The molecule has 1 fully saturated rings. The quantitative estimate of drug-likeness (QED) is 0.471. The SMILES string of the molecule is COc1cc(C#Cc2ccc(C(C)N3CCC(CC(C)(C)O)(c4ccccc4)OC3=O)cc2)ccn1. The molecule has 1 aliphatic rings. The van der Waals surface area contributed by atoms with Gasteiger partial charge in [-0.3, -0.25) is 0 Å². The number of cyclic esters (lactones) is 1. The van der Waals surface area contributed by atoms with E-state index < -0.39 is 11.2 Å². The fraction of sp³-hybridized carbons (Fsp3) is 0.333. The molecule has 2 atom stereocenters. The van der Waals surface area contributed by atoms with E-state index in [2.05, 4.69) is 16.8 Å². The lowest BCUT2D eigenvalue weighted by atomic mass is 9.80. The zero-order valence-electron chi connectivity index (χ0n) is 21.2. The number of hydrogen-bond acceptors (Lipinski definition) is 5. The van der Waals surface area contributed by atoms with E-state index in [-0.39, 0.29) is 12.1 Å². The average molecular weight is 485 g/mol. The van der Waals surface area contributed by atoms with Crippen LogP contribution in [0.25, 0.3) is 0 Å². The second-order valence-electron chi connectivity index (χ2n) is 9.80. The first-order valence-corrected chi connectivity index (χ1v) is 12.1. The lowest BCUT2D eigenvalue weighted by Crippen LogP contribution is -2.51. The number of benzene rings is 2. The maximum absolute atomic E-state index is 13.2. The van der Waals surface area contributed by atoms with E-state index >= 15 is 0 Å². The minimum atomic E-state index is -0.984. The van der Waals surface area contributed by atoms with Crippen LogP contribution >= 0.6 is 0 Å². The lowest BCUT2D eigenvalue weighted by Gasteiger charge is -2.45. The predicted octanol–water partition coefficient (Wildman–Crippen LogP) is 5.45. The van der Waals surface area contributed by atoms with Gasteiger partial charge in [-0.2, -0.15) is 0 Å². The maximum Gasteiger partial charge on any atom is 0.411 e. The summed E-state index contributed by atoms with van der Waals surface area (Å²) >= 11 is 0. The van der Waals surface area contributed by atoms with Gasteiger partial charge in [-0.1, -0.05) is 54.3 Å². The molecule has 1 saturated heterocycles. The summed E-state index contributed by atoms with van der Waals surface area (Å²) in [5, 5.41) is 10.6. The molecule has 186 valence electrons. The summed E-state index contributed by atoms with van der Waals surface area (Å²) in [6.07, 6.45) is 2.21. The first-order chi connectivity index (χ1) is 17.2. The van der Waals surface area contributed by atoms with E-state index in [0.717, 1.165) is 22.3 Å². The van der Waals surface area contributed by atoms with Crippen molar-refractivity contribution in [1.29, 1.82) is 0 Å². The van der Waals surface area contributed by atoms with Crippen molar-refractivity contribution in [3.63, 3.8) is 0 Å². The average Bonchev–Trinajstić information content (AvgIpc) is 2.87. The van der Waals surface area contributed by atoms with Crippen LogP contribution in [0.4, 0.5) is 4.79 Å². The van der Waals surface area contributed by atoms with Crippen molar-refractivity contribution in [2.24, 2.45) is 0 Å². The van der Waals surface area contributed by atoms with Gasteiger partial charge in [-0.05, 0) is 50.1 Å². The van der Waals surface area contributed by atoms with Gasteiger partial charge >= 0.3 is 6.09 Å². The number of hydrogen-bond donors (Lipinski definition) is 1. The summed E-state index contributed by atoms with van der Waals surface area (Å²) in [5.74, 6) is 6.80. The smallest absolute Gasteiger partial charge is 0.411 e. The first-order valence-electron chi connectivity index (χ1n) is 12.1. The largest absolute Gasteiger partial charge is 0.481 e. The number of nitrogens with zero attached hydrogens (tertiary/aromatic N) is 2. The molecular weight excluding hydrogens is 452 g/mol. The zero-order valence-corrected chi connectivity index (χ0v) is 21.2. The summed E-state index contributed by atoms with van der Waals surface area (Å²) in [4.78, 5) is 19.1. The van der Waals surface area contributed by atoms with Gasteiger partial charge < -0.3 is 19.5 Å². The van der Waals surface area contributed by atoms with E-state index in [9.17, 15) is 9.90 Å². The van der Waals surface area contributed by atoms with Crippen LogP contribution in [0, 0.1) is 11.8 Å². The minimum Gasteiger partial charge on any atom is -0.481 e. The Bertz CT molecular complexity index is 1260. The normalized spacial score (nSPS) is 18.6. The van der Waals surface area contributed by atoms with Crippen molar-refractivity contribution in [3.8, 4) is 17.7 Å². The fourth-order valence-corrected chi connectivity index (χ4v) is 4.66. The van der Waals surface area contributed by atoms with Crippen molar-refractivity contribution in [2.75, 3.05) is 13.7 Å². The molecule has 0 saturated carbocycles. The van der Waals surface area contributed by atoms with Gasteiger partial charge in [0.25, 0.3) is 0 Å². The molecular formula is C30H32N2O4. The van der Waals surface area contributed by atoms with Gasteiger partial charge in [0.1, 0.15) is 5.60 Å². The summed E-state index contributed by atoms with van der Waals surface area (Å²) < 4.78 is 11.3. The number of amides is 1. The lowest BCUT2D eigenvalue weighted by molar-refractivity contribution is -0.101. The Morgan fingerprint density at radius 2 is 1.81 bits per heavy atom. The van der Waals surface area contributed by atoms with Crippen molar-refractivity contribution in [1.82, 2.24) is 9.88 Å². The Labute approximate surface area is 212 Å². The van der Waals surface area contributed by atoms with Crippen LogP contribution in [-0.2, 0) is 10.3 Å². The van der Waals surface area contributed by atoms with Gasteiger partial charge in [-0.15, -0.1) is 0 Å². The molecule has 4 rings (SSSR count). The number of carbonyl (C=O) groups excluding carboxylic acids is 1. The van der Waals surface area contributed by atoms with Crippen LogP contribution in [0.15, 0.2) is 72.9 Å². The van der Waals surface area contributed by atoms with E-state index in [1.165, 1.54) is 0 Å². The van der Waals surface area contributed by atoms with Gasteiger partial charge in [0.05, 0.1) is 18.8 Å². The molecule has 36 heavy (non-hydrogen) atoms. The highest BCUT2D eigenvalue weighted by Gasteiger charge is 2.46. The van der Waals surface area contributed by atoms with Gasteiger partial charge in [-0.25, -0.2) is 9.78 Å². The number of methoxy groups -OCH3 is 1. The topological polar surface area (TPSA) is 71.9 Å². The number of rotatable bonds is 6. The number of aliphatic hydroxyl groups is 1. The Balaban J connectivity index is 1.48. The third kappa shape index (κ3) is 5.87. The molecule has 1 aliphatic heterocycles. The molecule has 0 aliphatic carbocycles. The molecule has 6 heteroatoms. The van der Waals surface area contributed by atoms with E-state index in [1.54, 1.807) is 38.1 Å². The Morgan fingerprint density at radius 1 is 1.11 bits per heavy atom. The van der Waals surface area contributed by atoms with Crippen molar-refractivity contribution in [2.45, 2.75) is 50.9 Å². The fourth-order valence-electron chi connectivity index (χ4n) is 4.66. The van der Waals surface area contributed by atoms with Gasteiger partial charge in [0.15, 0.2) is 0 Å². The standard InChI is InChI=1S/C30H32N2O4/c1-22(25-14-12-23(13-15-25)10-11-24-16-18-31-27(20-24)35-4)32-19-17-30(36-28(32)33,21-29(2,3)34)26-8-6-5-7-9-26/h5-9,12-16,18,20,22,34H,17,19,21H2,1-4H3. The summed E-state index contributed by atoms with van der Waals surface area (Å²) in [6.45, 7) is 6.01. The minimum absolute atomic E-state index is 0.167. The summed E-state index contributed by atoms with van der Waals surface area (Å²) in [7, 11) is 1.58. The van der Waals surface area contributed by atoms with E-state index in [0.29, 0.717) is 25.3 Å². The second-order valence-corrected chi connectivity index (χ2v) is 9.80. The van der Waals surface area contributed by atoms with Crippen LogP contribution in [0.3, 0.4) is 0 Å². The van der Waals surface area contributed by atoms with Gasteiger partial charge in [0.2, 0.25) is 5.88 Å². The number of pyridine rings is 1. The van der Waals surface area contributed by atoms with E-state index in [1.807, 2.05) is 67.6 Å². The number of aromatic nitrogens is 1. The van der Waals surface area contributed by atoms with Crippen LogP contribution in [0.5, 0.6) is 5.88 Å². The molecule has 2 unspecified atom stereocenters. The molecule has 1 N–H and O–H groups in total. The second kappa shape index (κ2) is 10.4. The molecule has 2 aromatic carbocycles. The zero-order chi connectivity index (χ0) is 25.8. The van der Waals surface area contributed by atoms with Crippen LogP contribution in [0.2, 0.25) is 0 Å². The molecule has 1 amide bonds. The van der Waals surface area contributed by atoms with Crippen molar-refractivity contribution >= 4 is 6.09 Å². The molecule has 3 aromatic rings. The number of carbonyl (C=O) groups is 1.